The molecule has 0 amide bonds. The van der Waals surface area contributed by atoms with E-state index in [9.17, 15) is 4.79 Å². The van der Waals surface area contributed by atoms with Gasteiger partial charge in [0.05, 0.1) is 12.0 Å². The summed E-state index contributed by atoms with van der Waals surface area (Å²) in [4.78, 5) is 12.6. The maximum Gasteiger partial charge on any atom is 0.312 e. The first kappa shape index (κ1) is 18.4. The predicted octanol–water partition coefficient (Wildman–Crippen LogP) is 4.20. The zero-order valence-corrected chi connectivity index (χ0v) is 13.7. The molecule has 3 nitrogen and oxygen atoms in total. The highest BCUT2D eigenvalue weighted by Crippen LogP contribution is 2.50. The molecule has 0 atom stereocenters. The van der Waals surface area contributed by atoms with Gasteiger partial charge in [-0.25, -0.2) is 0 Å². The molecular weight excluding hydrogens is 240 g/mol. The molecule has 0 aliphatic carbocycles. The van der Waals surface area contributed by atoms with E-state index in [2.05, 4.69) is 34.6 Å². The predicted molar refractivity (Wildman–Crippen MR) is 79.2 cm³/mol. The van der Waals surface area contributed by atoms with Gasteiger partial charge in [0.15, 0.2) is 0 Å². The molecule has 0 aromatic carbocycles. The minimum absolute atomic E-state index is 0.000797. The van der Waals surface area contributed by atoms with Gasteiger partial charge in [-0.2, -0.15) is 0 Å². The summed E-state index contributed by atoms with van der Waals surface area (Å²) < 4.78 is 10.7. The van der Waals surface area contributed by atoms with Gasteiger partial charge >= 0.3 is 5.97 Å². The van der Waals surface area contributed by atoms with Gasteiger partial charge < -0.3 is 9.47 Å². The minimum atomic E-state index is -0.372. The van der Waals surface area contributed by atoms with E-state index in [0.717, 1.165) is 25.7 Å². The molecule has 0 fully saturated rings. The van der Waals surface area contributed by atoms with Crippen LogP contribution in [0.5, 0.6) is 0 Å². The monoisotopic (exact) mass is 272 g/mol. The zero-order valence-electron chi connectivity index (χ0n) is 13.7. The Bertz CT molecular complexity index is 253. The van der Waals surface area contributed by atoms with Crippen LogP contribution < -0.4 is 0 Å². The lowest BCUT2D eigenvalue weighted by atomic mass is 9.58. The van der Waals surface area contributed by atoms with Crippen molar-refractivity contribution < 1.29 is 14.3 Å². The molecule has 0 N–H and O–H groups in total. The molecule has 0 spiro atoms. The lowest BCUT2D eigenvalue weighted by Gasteiger charge is -2.45. The van der Waals surface area contributed by atoms with Crippen molar-refractivity contribution in [2.75, 3.05) is 19.8 Å². The molecule has 0 rings (SSSR count). The van der Waals surface area contributed by atoms with Crippen LogP contribution in [0.1, 0.15) is 67.2 Å². The first-order valence-electron chi connectivity index (χ1n) is 7.72. The number of rotatable bonds is 10. The number of hydrogen-bond donors (Lipinski definition) is 0. The van der Waals surface area contributed by atoms with Crippen molar-refractivity contribution >= 4 is 5.97 Å². The Morgan fingerprint density at radius 3 is 1.79 bits per heavy atom. The van der Waals surface area contributed by atoms with Crippen LogP contribution in [-0.2, 0) is 14.3 Å². The standard InChI is InChI=1S/C16H32O3/c1-7-15(6,8-2)16(9-3,10-4)14(17)19-13-12-18-11-5/h7-13H2,1-6H3. The van der Waals surface area contributed by atoms with Crippen LogP contribution in [0.15, 0.2) is 0 Å². The number of ether oxygens (including phenoxy) is 2. The number of carbonyl (C=O) groups excluding carboxylic acids is 1. The van der Waals surface area contributed by atoms with Crippen molar-refractivity contribution in [2.24, 2.45) is 10.8 Å². The third kappa shape index (κ3) is 3.95. The molecule has 19 heavy (non-hydrogen) atoms. The topological polar surface area (TPSA) is 35.5 Å². The van der Waals surface area contributed by atoms with Gasteiger partial charge in [-0.1, -0.05) is 34.6 Å². The van der Waals surface area contributed by atoms with Gasteiger partial charge in [-0.15, -0.1) is 0 Å². The van der Waals surface area contributed by atoms with Crippen molar-refractivity contribution in [1.82, 2.24) is 0 Å². The fourth-order valence-corrected chi connectivity index (χ4v) is 3.04. The van der Waals surface area contributed by atoms with Crippen molar-refractivity contribution in [3.63, 3.8) is 0 Å². The fourth-order valence-electron chi connectivity index (χ4n) is 3.04. The first-order chi connectivity index (χ1) is 8.97. The van der Waals surface area contributed by atoms with Gasteiger partial charge in [0, 0.05) is 6.61 Å². The molecular formula is C16H32O3. The van der Waals surface area contributed by atoms with E-state index >= 15 is 0 Å². The molecule has 0 saturated carbocycles. The van der Waals surface area contributed by atoms with Crippen LogP contribution in [0.3, 0.4) is 0 Å². The van der Waals surface area contributed by atoms with E-state index in [1.54, 1.807) is 0 Å². The van der Waals surface area contributed by atoms with Crippen molar-refractivity contribution in [2.45, 2.75) is 67.2 Å². The Balaban J connectivity index is 4.91. The molecule has 0 aliphatic heterocycles. The summed E-state index contributed by atoms with van der Waals surface area (Å²) in [5, 5.41) is 0. The highest BCUT2D eigenvalue weighted by atomic mass is 16.6. The van der Waals surface area contributed by atoms with E-state index in [1.165, 1.54) is 0 Å². The highest BCUT2D eigenvalue weighted by Gasteiger charge is 2.50. The molecule has 0 aromatic rings. The molecule has 0 bridgehead atoms. The average Bonchev–Trinajstić information content (AvgIpc) is 2.45. The molecule has 0 aliphatic rings. The molecule has 0 unspecified atom stereocenters. The molecule has 3 heteroatoms. The minimum Gasteiger partial charge on any atom is -0.463 e. The smallest absolute Gasteiger partial charge is 0.312 e. The maximum atomic E-state index is 12.6. The molecule has 0 heterocycles. The summed E-state index contributed by atoms with van der Waals surface area (Å²) in [5.74, 6) is -0.0524. The van der Waals surface area contributed by atoms with Gasteiger partial charge in [-0.05, 0) is 38.0 Å². The van der Waals surface area contributed by atoms with E-state index in [1.807, 2.05) is 6.92 Å². The molecule has 114 valence electrons. The summed E-state index contributed by atoms with van der Waals surface area (Å²) in [6, 6.07) is 0. The summed E-state index contributed by atoms with van der Waals surface area (Å²) in [6.07, 6.45) is 3.64. The summed E-state index contributed by atoms with van der Waals surface area (Å²) in [7, 11) is 0. The fraction of sp³-hybridized carbons (Fsp3) is 0.938. The second-order valence-electron chi connectivity index (χ2n) is 5.39. The molecule has 0 radical (unpaired) electrons. The largest absolute Gasteiger partial charge is 0.463 e. The SMILES string of the molecule is CCOCCOC(=O)C(CC)(CC)C(C)(CC)CC. The van der Waals surface area contributed by atoms with Crippen molar-refractivity contribution in [3.05, 3.63) is 0 Å². The Morgan fingerprint density at radius 2 is 1.42 bits per heavy atom. The van der Waals surface area contributed by atoms with Crippen molar-refractivity contribution in [1.29, 1.82) is 0 Å². The van der Waals surface area contributed by atoms with E-state index in [-0.39, 0.29) is 16.8 Å². The third-order valence-electron chi connectivity index (χ3n) is 4.98. The quantitative estimate of drug-likeness (QED) is 0.441. The van der Waals surface area contributed by atoms with Crippen LogP contribution in [0.25, 0.3) is 0 Å². The number of carbonyl (C=O) groups is 1. The maximum absolute atomic E-state index is 12.6. The van der Waals surface area contributed by atoms with Crippen LogP contribution in [0.2, 0.25) is 0 Å². The Kier molecular flexibility index (Phi) is 8.31. The highest BCUT2D eigenvalue weighted by molar-refractivity contribution is 5.77. The number of esters is 1. The normalized spacial score (nSPS) is 12.5. The van der Waals surface area contributed by atoms with Crippen molar-refractivity contribution in [3.8, 4) is 0 Å². The second-order valence-corrected chi connectivity index (χ2v) is 5.39. The second kappa shape index (κ2) is 8.57. The zero-order chi connectivity index (χ0) is 14.9. The summed E-state index contributed by atoms with van der Waals surface area (Å²) in [5.41, 5.74) is -0.373. The van der Waals surface area contributed by atoms with Gasteiger partial charge in [0.25, 0.3) is 0 Å². The van der Waals surface area contributed by atoms with Crippen LogP contribution in [-0.4, -0.2) is 25.8 Å². The Labute approximate surface area is 119 Å². The van der Waals surface area contributed by atoms with Crippen LogP contribution in [0, 0.1) is 10.8 Å². The van der Waals surface area contributed by atoms with E-state index in [0.29, 0.717) is 19.8 Å². The summed E-state index contributed by atoms with van der Waals surface area (Å²) >= 11 is 0. The van der Waals surface area contributed by atoms with E-state index < -0.39 is 0 Å². The lowest BCUT2D eigenvalue weighted by molar-refractivity contribution is -0.168. The first-order valence-corrected chi connectivity index (χ1v) is 7.72. The molecule has 0 aromatic heterocycles. The Morgan fingerprint density at radius 1 is 0.895 bits per heavy atom. The van der Waals surface area contributed by atoms with Crippen LogP contribution >= 0.6 is 0 Å². The number of hydrogen-bond acceptors (Lipinski definition) is 3. The summed E-state index contributed by atoms with van der Waals surface area (Å²) in [6.45, 7) is 14.2. The van der Waals surface area contributed by atoms with Gasteiger partial charge in [0.1, 0.15) is 6.61 Å². The van der Waals surface area contributed by atoms with Gasteiger partial charge in [-0.3, -0.25) is 4.79 Å². The average molecular weight is 272 g/mol. The third-order valence-corrected chi connectivity index (χ3v) is 4.98. The van der Waals surface area contributed by atoms with Gasteiger partial charge in [0.2, 0.25) is 0 Å². The Hall–Kier alpha value is -0.570. The molecule has 0 saturated heterocycles. The van der Waals surface area contributed by atoms with E-state index in [4.69, 9.17) is 9.47 Å². The van der Waals surface area contributed by atoms with Crippen LogP contribution in [0.4, 0.5) is 0 Å². The lowest BCUT2D eigenvalue weighted by Crippen LogP contribution is -2.46.